The minimum atomic E-state index is -0.131. The summed E-state index contributed by atoms with van der Waals surface area (Å²) in [5.41, 5.74) is 3.49. The number of anilines is 1. The van der Waals surface area contributed by atoms with Gasteiger partial charge in [-0.25, -0.2) is 4.98 Å². The van der Waals surface area contributed by atoms with Crippen LogP contribution in [0.1, 0.15) is 37.9 Å². The molecule has 0 bridgehead atoms. The molecule has 0 saturated carbocycles. The van der Waals surface area contributed by atoms with Crippen LogP contribution in [0.5, 0.6) is 5.75 Å². The number of benzene rings is 2. The minimum Gasteiger partial charge on any atom is -0.494 e. The van der Waals surface area contributed by atoms with Crippen molar-refractivity contribution in [3.63, 3.8) is 0 Å². The highest BCUT2D eigenvalue weighted by atomic mass is 32.2. The summed E-state index contributed by atoms with van der Waals surface area (Å²) >= 11 is 2.82. The molecule has 6 nitrogen and oxygen atoms in total. The summed E-state index contributed by atoms with van der Waals surface area (Å²) in [5.74, 6) is 1.63. The third kappa shape index (κ3) is 5.85. The summed E-state index contributed by atoms with van der Waals surface area (Å²) in [6, 6.07) is 15.4. The van der Waals surface area contributed by atoms with Crippen molar-refractivity contribution in [1.29, 1.82) is 0 Å². The van der Waals surface area contributed by atoms with Gasteiger partial charge in [0.25, 0.3) is 5.56 Å². The number of fused-ring (bicyclic) bond motifs is 1. The second-order valence-corrected chi connectivity index (χ2v) is 10.0. The first-order chi connectivity index (χ1) is 16.6. The topological polar surface area (TPSA) is 73.2 Å². The van der Waals surface area contributed by atoms with Gasteiger partial charge >= 0.3 is 0 Å². The summed E-state index contributed by atoms with van der Waals surface area (Å²) < 4.78 is 7.13. The lowest BCUT2D eigenvalue weighted by Gasteiger charge is -2.14. The SMILES string of the molecule is CCCCc1ccc(NC(=O)CSc2nc3c(c(=O)n2-c2ccc(OCC)cc2)SCC3)cc1. The van der Waals surface area contributed by atoms with Gasteiger partial charge in [0.15, 0.2) is 5.16 Å². The number of nitrogens with zero attached hydrogens (tertiary/aromatic N) is 2. The fourth-order valence-corrected chi connectivity index (χ4v) is 5.59. The Hall–Kier alpha value is -2.71. The van der Waals surface area contributed by atoms with E-state index < -0.39 is 0 Å². The van der Waals surface area contributed by atoms with E-state index in [0.717, 1.165) is 48.6 Å². The molecule has 2 aromatic carbocycles. The van der Waals surface area contributed by atoms with Gasteiger partial charge in [-0.3, -0.25) is 14.2 Å². The van der Waals surface area contributed by atoms with E-state index in [0.29, 0.717) is 22.3 Å². The van der Waals surface area contributed by atoms with Crippen LogP contribution in [-0.4, -0.2) is 33.6 Å². The maximum atomic E-state index is 13.3. The molecule has 178 valence electrons. The van der Waals surface area contributed by atoms with Gasteiger partial charge < -0.3 is 10.1 Å². The fourth-order valence-electron chi connectivity index (χ4n) is 3.74. The molecule has 1 N–H and O–H groups in total. The summed E-state index contributed by atoms with van der Waals surface area (Å²) in [6.07, 6.45) is 4.13. The van der Waals surface area contributed by atoms with Gasteiger partial charge in [-0.05, 0) is 61.7 Å². The van der Waals surface area contributed by atoms with Crippen molar-refractivity contribution in [2.75, 3.05) is 23.4 Å². The van der Waals surface area contributed by atoms with Gasteiger partial charge in [-0.1, -0.05) is 37.2 Å². The van der Waals surface area contributed by atoms with Crippen LogP contribution in [0.15, 0.2) is 63.4 Å². The molecule has 0 atom stereocenters. The molecule has 1 aliphatic rings. The molecular weight excluding hydrogens is 466 g/mol. The first-order valence-electron chi connectivity index (χ1n) is 11.6. The summed E-state index contributed by atoms with van der Waals surface area (Å²) in [5, 5.41) is 3.48. The number of carbonyl (C=O) groups is 1. The number of unbranched alkanes of at least 4 members (excludes halogenated alkanes) is 1. The molecule has 0 aliphatic carbocycles. The molecule has 1 amide bonds. The van der Waals surface area contributed by atoms with Gasteiger partial charge in [0.05, 0.1) is 28.6 Å². The van der Waals surface area contributed by atoms with E-state index in [1.165, 1.54) is 17.3 Å². The van der Waals surface area contributed by atoms with Gasteiger partial charge in [0.2, 0.25) is 5.91 Å². The third-order valence-corrected chi connectivity index (χ3v) is 7.51. The number of aryl methyl sites for hydroxylation is 2. The second-order valence-electron chi connectivity index (χ2n) is 7.97. The maximum absolute atomic E-state index is 13.3. The number of hydrogen-bond acceptors (Lipinski definition) is 6. The van der Waals surface area contributed by atoms with Crippen LogP contribution < -0.4 is 15.6 Å². The molecule has 0 spiro atoms. The number of amides is 1. The lowest BCUT2D eigenvalue weighted by atomic mass is 10.1. The Morgan fingerprint density at radius 3 is 2.62 bits per heavy atom. The van der Waals surface area contributed by atoms with Crippen molar-refractivity contribution in [2.45, 2.75) is 49.6 Å². The zero-order chi connectivity index (χ0) is 23.9. The molecule has 8 heteroatoms. The molecule has 1 aliphatic heterocycles. The Morgan fingerprint density at radius 2 is 1.91 bits per heavy atom. The average Bonchev–Trinajstić information content (AvgIpc) is 3.32. The highest BCUT2D eigenvalue weighted by molar-refractivity contribution is 8.00. The molecule has 0 radical (unpaired) electrons. The Kier molecular flexibility index (Phi) is 8.34. The summed E-state index contributed by atoms with van der Waals surface area (Å²) in [6.45, 7) is 4.69. The first-order valence-corrected chi connectivity index (χ1v) is 13.6. The third-order valence-electron chi connectivity index (χ3n) is 5.46. The lowest BCUT2D eigenvalue weighted by molar-refractivity contribution is -0.113. The van der Waals surface area contributed by atoms with Crippen LogP contribution in [0.4, 0.5) is 5.69 Å². The van der Waals surface area contributed by atoms with Crippen LogP contribution in [0.2, 0.25) is 0 Å². The molecule has 1 aromatic heterocycles. The molecular formula is C26H29N3O3S2. The molecule has 0 saturated heterocycles. The van der Waals surface area contributed by atoms with Crippen LogP contribution in [0.3, 0.4) is 0 Å². The standard InChI is InChI=1S/C26H29N3O3S2/c1-3-5-6-18-7-9-19(10-8-18)27-23(30)17-34-26-28-22-15-16-33-24(22)25(31)29(26)20-11-13-21(14-12-20)32-4-2/h7-14H,3-6,15-17H2,1-2H3,(H,27,30). The molecule has 34 heavy (non-hydrogen) atoms. The normalized spacial score (nSPS) is 12.4. The lowest BCUT2D eigenvalue weighted by Crippen LogP contribution is -2.24. The van der Waals surface area contributed by atoms with Gasteiger partial charge in [0, 0.05) is 17.9 Å². The predicted molar refractivity (Wildman–Crippen MR) is 140 cm³/mol. The molecule has 3 aromatic rings. The first kappa shape index (κ1) is 24.4. The van der Waals surface area contributed by atoms with E-state index in [9.17, 15) is 9.59 Å². The number of thioether (sulfide) groups is 2. The Balaban J connectivity index is 1.50. The Bertz CT molecular complexity index is 1190. The molecule has 2 heterocycles. The molecule has 0 fully saturated rings. The summed E-state index contributed by atoms with van der Waals surface area (Å²) in [4.78, 5) is 31.4. The predicted octanol–water partition coefficient (Wildman–Crippen LogP) is 5.35. The zero-order valence-electron chi connectivity index (χ0n) is 19.5. The second kappa shape index (κ2) is 11.6. The number of aromatic nitrogens is 2. The smallest absolute Gasteiger partial charge is 0.272 e. The average molecular weight is 496 g/mol. The van der Waals surface area contributed by atoms with Crippen LogP contribution in [-0.2, 0) is 17.6 Å². The van der Waals surface area contributed by atoms with Crippen LogP contribution >= 0.6 is 23.5 Å². The monoisotopic (exact) mass is 495 g/mol. The van der Waals surface area contributed by atoms with E-state index in [1.54, 1.807) is 16.3 Å². The maximum Gasteiger partial charge on any atom is 0.272 e. The van der Waals surface area contributed by atoms with E-state index >= 15 is 0 Å². The number of rotatable bonds is 10. The van der Waals surface area contributed by atoms with Crippen molar-refractivity contribution in [3.05, 3.63) is 70.1 Å². The molecule has 4 rings (SSSR count). The summed E-state index contributed by atoms with van der Waals surface area (Å²) in [7, 11) is 0. The van der Waals surface area contributed by atoms with Gasteiger partial charge in [-0.2, -0.15) is 0 Å². The Morgan fingerprint density at radius 1 is 1.15 bits per heavy atom. The number of nitrogens with one attached hydrogen (secondary N) is 1. The van der Waals surface area contributed by atoms with Crippen molar-refractivity contribution in [2.24, 2.45) is 0 Å². The van der Waals surface area contributed by atoms with E-state index in [-0.39, 0.29) is 17.2 Å². The van der Waals surface area contributed by atoms with Crippen molar-refractivity contribution >= 4 is 35.1 Å². The van der Waals surface area contributed by atoms with Gasteiger partial charge in [-0.15, -0.1) is 11.8 Å². The van der Waals surface area contributed by atoms with Crippen molar-refractivity contribution < 1.29 is 9.53 Å². The highest BCUT2D eigenvalue weighted by Gasteiger charge is 2.23. The molecule has 0 unspecified atom stereocenters. The van der Waals surface area contributed by atoms with Crippen LogP contribution in [0.25, 0.3) is 5.69 Å². The zero-order valence-corrected chi connectivity index (χ0v) is 21.1. The largest absolute Gasteiger partial charge is 0.494 e. The number of ether oxygens (including phenoxy) is 1. The van der Waals surface area contributed by atoms with Crippen LogP contribution in [0, 0.1) is 0 Å². The van der Waals surface area contributed by atoms with E-state index in [1.807, 2.05) is 43.3 Å². The van der Waals surface area contributed by atoms with E-state index in [2.05, 4.69) is 24.4 Å². The highest BCUT2D eigenvalue weighted by Crippen LogP contribution is 2.30. The van der Waals surface area contributed by atoms with Crippen molar-refractivity contribution in [1.82, 2.24) is 9.55 Å². The van der Waals surface area contributed by atoms with Crippen molar-refractivity contribution in [3.8, 4) is 11.4 Å². The number of hydrogen-bond donors (Lipinski definition) is 1. The Labute approximate surface area is 208 Å². The number of carbonyl (C=O) groups excluding carboxylic acids is 1. The quantitative estimate of drug-likeness (QED) is 0.302. The van der Waals surface area contributed by atoms with E-state index in [4.69, 9.17) is 9.72 Å². The van der Waals surface area contributed by atoms with Gasteiger partial charge in [0.1, 0.15) is 5.75 Å². The fraction of sp³-hybridized carbons (Fsp3) is 0.346. The minimum absolute atomic E-state index is 0.0813.